The van der Waals surface area contributed by atoms with Crippen molar-refractivity contribution in [1.29, 1.82) is 0 Å². The highest BCUT2D eigenvalue weighted by atomic mass is 16.6. The van der Waals surface area contributed by atoms with Gasteiger partial charge in [0.2, 0.25) is 0 Å². The number of aliphatic hydroxyl groups excluding tert-OH is 1. The van der Waals surface area contributed by atoms with Gasteiger partial charge in [-0.15, -0.1) is 0 Å². The normalized spacial score (nSPS) is 40.8. The molecule has 0 bridgehead atoms. The molecule has 74 valence electrons. The molecule has 2 aliphatic rings. The van der Waals surface area contributed by atoms with Crippen LogP contribution in [0.4, 0.5) is 0 Å². The van der Waals surface area contributed by atoms with Gasteiger partial charge >= 0.3 is 5.97 Å². The van der Waals surface area contributed by atoms with E-state index in [-0.39, 0.29) is 30.0 Å². The second kappa shape index (κ2) is 2.71. The summed E-state index contributed by atoms with van der Waals surface area (Å²) < 4.78 is 5.29. The Labute approximate surface area is 78.1 Å². The molecule has 1 saturated heterocycles. The quantitative estimate of drug-likeness (QED) is 0.650. The molecule has 1 N–H and O–H groups in total. The second-order valence-corrected chi connectivity index (χ2v) is 4.83. The second-order valence-electron chi connectivity index (χ2n) is 4.83. The summed E-state index contributed by atoms with van der Waals surface area (Å²) in [7, 11) is 0. The van der Waals surface area contributed by atoms with Gasteiger partial charge in [-0.05, 0) is 12.8 Å². The van der Waals surface area contributed by atoms with Crippen LogP contribution in [0.25, 0.3) is 0 Å². The Morgan fingerprint density at radius 2 is 2.31 bits per heavy atom. The Morgan fingerprint density at radius 1 is 1.62 bits per heavy atom. The van der Waals surface area contributed by atoms with Gasteiger partial charge in [-0.2, -0.15) is 0 Å². The molecule has 1 heterocycles. The molecule has 2 fully saturated rings. The van der Waals surface area contributed by atoms with Crippen molar-refractivity contribution in [2.45, 2.75) is 32.8 Å². The van der Waals surface area contributed by atoms with Crippen LogP contribution in [0.1, 0.15) is 26.7 Å². The first-order chi connectivity index (χ1) is 6.06. The predicted octanol–water partition coefficient (Wildman–Crippen LogP) is 0.956. The molecule has 0 aromatic rings. The molecule has 1 aliphatic heterocycles. The van der Waals surface area contributed by atoms with Crippen LogP contribution in [0.3, 0.4) is 0 Å². The lowest BCUT2D eigenvalue weighted by Gasteiger charge is -2.46. The van der Waals surface area contributed by atoms with Crippen LogP contribution in [-0.4, -0.2) is 23.8 Å². The third-order valence-corrected chi connectivity index (χ3v) is 3.42. The molecule has 2 rings (SSSR count). The van der Waals surface area contributed by atoms with E-state index in [0.29, 0.717) is 12.3 Å². The highest BCUT2D eigenvalue weighted by molar-refractivity contribution is 5.76. The largest absolute Gasteiger partial charge is 0.461 e. The number of fused-ring (bicyclic) bond motifs is 1. The topological polar surface area (TPSA) is 46.5 Å². The molecule has 0 aromatic carbocycles. The SMILES string of the molecule is CC1(C)C[C@@H]2[C@@H](CCO)C(=O)O[C@@H]21. The van der Waals surface area contributed by atoms with Gasteiger partial charge in [0, 0.05) is 17.9 Å². The van der Waals surface area contributed by atoms with E-state index in [2.05, 4.69) is 13.8 Å². The van der Waals surface area contributed by atoms with Crippen molar-refractivity contribution in [3.8, 4) is 0 Å². The van der Waals surface area contributed by atoms with Gasteiger partial charge in [-0.25, -0.2) is 0 Å². The fourth-order valence-corrected chi connectivity index (χ4v) is 2.71. The standard InChI is InChI=1S/C10H16O3/c1-10(2)5-7-6(3-4-11)9(12)13-8(7)10/h6-8,11H,3-5H2,1-2H3/t6-,7-,8+/m1/s1. The van der Waals surface area contributed by atoms with Crippen LogP contribution in [0.15, 0.2) is 0 Å². The summed E-state index contributed by atoms with van der Waals surface area (Å²) in [5.74, 6) is 0.229. The average molecular weight is 184 g/mol. The van der Waals surface area contributed by atoms with Crippen molar-refractivity contribution in [2.75, 3.05) is 6.61 Å². The number of hydrogen-bond donors (Lipinski definition) is 1. The molecule has 0 spiro atoms. The van der Waals surface area contributed by atoms with Crippen molar-refractivity contribution < 1.29 is 14.6 Å². The zero-order chi connectivity index (χ0) is 9.64. The molecule has 1 saturated carbocycles. The minimum absolute atomic E-state index is 0.0389. The molecular formula is C10H16O3. The maximum Gasteiger partial charge on any atom is 0.309 e. The van der Waals surface area contributed by atoms with Gasteiger partial charge in [0.05, 0.1) is 5.92 Å². The van der Waals surface area contributed by atoms with Crippen molar-refractivity contribution in [3.05, 3.63) is 0 Å². The Bertz CT molecular complexity index is 234. The van der Waals surface area contributed by atoms with Crippen LogP contribution in [0, 0.1) is 17.3 Å². The highest BCUT2D eigenvalue weighted by Crippen LogP contribution is 2.55. The van der Waals surface area contributed by atoms with Crippen LogP contribution < -0.4 is 0 Å². The van der Waals surface area contributed by atoms with Crippen LogP contribution in [0.5, 0.6) is 0 Å². The zero-order valence-electron chi connectivity index (χ0n) is 8.12. The minimum Gasteiger partial charge on any atom is -0.461 e. The number of rotatable bonds is 2. The van der Waals surface area contributed by atoms with Crippen LogP contribution >= 0.6 is 0 Å². The summed E-state index contributed by atoms with van der Waals surface area (Å²) in [5, 5.41) is 8.79. The lowest BCUT2D eigenvalue weighted by molar-refractivity contribution is -0.152. The molecule has 0 amide bonds. The lowest BCUT2D eigenvalue weighted by atomic mass is 9.59. The van der Waals surface area contributed by atoms with Gasteiger partial charge in [-0.3, -0.25) is 4.79 Å². The summed E-state index contributed by atoms with van der Waals surface area (Å²) in [5.41, 5.74) is 0.157. The molecule has 1 aliphatic carbocycles. The number of esters is 1. The first-order valence-corrected chi connectivity index (χ1v) is 4.87. The smallest absolute Gasteiger partial charge is 0.309 e. The third kappa shape index (κ3) is 1.17. The van der Waals surface area contributed by atoms with Crippen molar-refractivity contribution in [1.82, 2.24) is 0 Å². The molecule has 0 radical (unpaired) electrons. The van der Waals surface area contributed by atoms with Gasteiger partial charge in [-0.1, -0.05) is 13.8 Å². The summed E-state index contributed by atoms with van der Waals surface area (Å²) in [6.45, 7) is 4.34. The Morgan fingerprint density at radius 3 is 2.77 bits per heavy atom. The molecule has 3 heteroatoms. The van der Waals surface area contributed by atoms with E-state index in [9.17, 15) is 4.79 Å². The van der Waals surface area contributed by atoms with E-state index in [1.54, 1.807) is 0 Å². The van der Waals surface area contributed by atoms with E-state index < -0.39 is 0 Å². The summed E-state index contributed by atoms with van der Waals surface area (Å²) in [4.78, 5) is 11.4. The van der Waals surface area contributed by atoms with Crippen molar-refractivity contribution in [2.24, 2.45) is 17.3 Å². The number of carbonyl (C=O) groups excluding carboxylic acids is 1. The maximum atomic E-state index is 11.4. The fraction of sp³-hybridized carbons (Fsp3) is 0.900. The summed E-state index contributed by atoms with van der Waals surface area (Å²) in [6.07, 6.45) is 1.72. The fourth-order valence-electron chi connectivity index (χ4n) is 2.71. The molecular weight excluding hydrogens is 168 g/mol. The molecule has 3 nitrogen and oxygen atoms in total. The predicted molar refractivity (Wildman–Crippen MR) is 47.0 cm³/mol. The van der Waals surface area contributed by atoms with E-state index in [1.807, 2.05) is 0 Å². The van der Waals surface area contributed by atoms with Gasteiger partial charge in [0.25, 0.3) is 0 Å². The summed E-state index contributed by atoms with van der Waals surface area (Å²) >= 11 is 0. The van der Waals surface area contributed by atoms with E-state index in [1.165, 1.54) is 0 Å². The van der Waals surface area contributed by atoms with E-state index in [4.69, 9.17) is 9.84 Å². The van der Waals surface area contributed by atoms with E-state index in [0.717, 1.165) is 6.42 Å². The van der Waals surface area contributed by atoms with Gasteiger partial charge < -0.3 is 9.84 Å². The van der Waals surface area contributed by atoms with Gasteiger partial charge in [0.1, 0.15) is 6.10 Å². The average Bonchev–Trinajstić information content (AvgIpc) is 2.30. The Balaban J connectivity index is 2.07. The monoisotopic (exact) mass is 184 g/mol. The van der Waals surface area contributed by atoms with Crippen LogP contribution in [-0.2, 0) is 9.53 Å². The first-order valence-electron chi connectivity index (χ1n) is 4.87. The summed E-state index contributed by atoms with van der Waals surface area (Å²) in [6, 6.07) is 0. The van der Waals surface area contributed by atoms with E-state index >= 15 is 0 Å². The number of hydrogen-bond acceptors (Lipinski definition) is 3. The number of carbonyl (C=O) groups is 1. The highest BCUT2D eigenvalue weighted by Gasteiger charge is 2.59. The number of ether oxygens (including phenoxy) is 1. The van der Waals surface area contributed by atoms with Crippen molar-refractivity contribution >= 4 is 5.97 Å². The minimum atomic E-state index is -0.102. The zero-order valence-corrected chi connectivity index (χ0v) is 8.12. The van der Waals surface area contributed by atoms with Gasteiger partial charge in [0.15, 0.2) is 0 Å². The molecule has 0 unspecified atom stereocenters. The maximum absolute atomic E-state index is 11.4. The molecule has 13 heavy (non-hydrogen) atoms. The molecule has 0 aromatic heterocycles. The van der Waals surface area contributed by atoms with Crippen LogP contribution in [0.2, 0.25) is 0 Å². The number of aliphatic hydroxyl groups is 1. The Kier molecular flexibility index (Phi) is 1.88. The first kappa shape index (κ1) is 9.00. The third-order valence-electron chi connectivity index (χ3n) is 3.42. The van der Waals surface area contributed by atoms with Crippen molar-refractivity contribution in [3.63, 3.8) is 0 Å². The lowest BCUT2D eigenvalue weighted by Crippen LogP contribution is -2.48. The Hall–Kier alpha value is -0.570. The molecule has 3 atom stereocenters.